The first-order chi connectivity index (χ1) is 12.7. The maximum Gasteiger partial charge on any atom is 0.253 e. The molecule has 0 aliphatic carbocycles. The lowest BCUT2D eigenvalue weighted by Gasteiger charge is -2.05. The molecule has 5 nitrogen and oxygen atoms in total. The van der Waals surface area contributed by atoms with Gasteiger partial charge in [0.25, 0.3) is 5.91 Å². The SMILES string of the molecule is COc1ccccc1Cc1nnc(NC(=O)/C(C)=C/c2ccccc2)s1. The summed E-state index contributed by atoms with van der Waals surface area (Å²) in [5, 5.41) is 12.3. The zero-order valence-electron chi connectivity index (χ0n) is 14.6. The monoisotopic (exact) mass is 365 g/mol. The fraction of sp³-hybridized carbons (Fsp3) is 0.150. The van der Waals surface area contributed by atoms with Gasteiger partial charge >= 0.3 is 0 Å². The lowest BCUT2D eigenvalue weighted by Crippen LogP contribution is -2.12. The highest BCUT2D eigenvalue weighted by molar-refractivity contribution is 7.15. The van der Waals surface area contributed by atoms with E-state index in [4.69, 9.17) is 4.74 Å². The number of nitrogens with zero attached hydrogens (tertiary/aromatic N) is 2. The molecule has 1 amide bonds. The molecular formula is C20H19N3O2S. The number of carbonyl (C=O) groups is 1. The fourth-order valence-corrected chi connectivity index (χ4v) is 3.21. The molecule has 6 heteroatoms. The van der Waals surface area contributed by atoms with Gasteiger partial charge in [-0.05, 0) is 24.6 Å². The predicted octanol–water partition coefficient (Wildman–Crippen LogP) is 4.18. The summed E-state index contributed by atoms with van der Waals surface area (Å²) in [7, 11) is 1.65. The zero-order chi connectivity index (χ0) is 18.4. The number of nitrogens with one attached hydrogen (secondary N) is 1. The lowest BCUT2D eigenvalue weighted by molar-refractivity contribution is -0.112. The number of hydrogen-bond acceptors (Lipinski definition) is 5. The Hall–Kier alpha value is -2.99. The largest absolute Gasteiger partial charge is 0.496 e. The summed E-state index contributed by atoms with van der Waals surface area (Å²) in [6.45, 7) is 1.78. The van der Waals surface area contributed by atoms with Gasteiger partial charge in [-0.15, -0.1) is 10.2 Å². The summed E-state index contributed by atoms with van der Waals surface area (Å²) >= 11 is 1.36. The van der Waals surface area contributed by atoms with E-state index in [0.29, 0.717) is 17.1 Å². The van der Waals surface area contributed by atoms with E-state index < -0.39 is 0 Å². The van der Waals surface area contributed by atoms with Gasteiger partial charge in [0, 0.05) is 17.6 Å². The minimum Gasteiger partial charge on any atom is -0.496 e. The molecule has 1 N–H and O–H groups in total. The van der Waals surface area contributed by atoms with Crippen LogP contribution >= 0.6 is 11.3 Å². The van der Waals surface area contributed by atoms with E-state index in [9.17, 15) is 4.79 Å². The van der Waals surface area contributed by atoms with Crippen LogP contribution in [0.15, 0.2) is 60.2 Å². The number of para-hydroxylation sites is 1. The standard InChI is InChI=1S/C20H19N3O2S/c1-14(12-15-8-4-3-5-9-15)19(24)21-20-23-22-18(26-20)13-16-10-6-7-11-17(16)25-2/h3-12H,13H2,1-2H3,(H,21,23,24)/b14-12+. The average Bonchev–Trinajstić information content (AvgIpc) is 3.09. The van der Waals surface area contributed by atoms with Crippen LogP contribution in [0.3, 0.4) is 0 Å². The summed E-state index contributed by atoms with van der Waals surface area (Å²) in [5.74, 6) is 0.628. The molecule has 0 fully saturated rings. The third-order valence-corrected chi connectivity index (χ3v) is 4.60. The van der Waals surface area contributed by atoms with Crippen LogP contribution < -0.4 is 10.1 Å². The molecule has 0 saturated heterocycles. The van der Waals surface area contributed by atoms with Gasteiger partial charge in [-0.1, -0.05) is 59.9 Å². The Bertz CT molecular complexity index is 920. The second-order valence-electron chi connectivity index (χ2n) is 5.68. The third kappa shape index (κ3) is 4.55. The van der Waals surface area contributed by atoms with Crippen LogP contribution in [0.2, 0.25) is 0 Å². The Kier molecular flexibility index (Phi) is 5.76. The van der Waals surface area contributed by atoms with Crippen molar-refractivity contribution in [3.63, 3.8) is 0 Å². The maximum atomic E-state index is 12.3. The predicted molar refractivity (Wildman–Crippen MR) is 104 cm³/mol. The van der Waals surface area contributed by atoms with Crippen molar-refractivity contribution in [2.75, 3.05) is 12.4 Å². The van der Waals surface area contributed by atoms with Gasteiger partial charge in [-0.2, -0.15) is 0 Å². The van der Waals surface area contributed by atoms with E-state index in [1.165, 1.54) is 11.3 Å². The number of methoxy groups -OCH3 is 1. The summed E-state index contributed by atoms with van der Waals surface area (Å²) < 4.78 is 5.36. The van der Waals surface area contributed by atoms with Gasteiger partial charge in [0.15, 0.2) is 0 Å². The van der Waals surface area contributed by atoms with Crippen molar-refractivity contribution in [3.05, 3.63) is 76.3 Å². The van der Waals surface area contributed by atoms with Crippen molar-refractivity contribution in [2.24, 2.45) is 0 Å². The van der Waals surface area contributed by atoms with E-state index >= 15 is 0 Å². The summed E-state index contributed by atoms with van der Waals surface area (Å²) in [5.41, 5.74) is 2.62. The number of carbonyl (C=O) groups excluding carboxylic acids is 1. The Labute approximate surface area is 156 Å². The maximum absolute atomic E-state index is 12.3. The molecule has 0 aliphatic heterocycles. The highest BCUT2D eigenvalue weighted by Crippen LogP contribution is 2.24. The van der Waals surface area contributed by atoms with Crippen LogP contribution in [0.5, 0.6) is 5.75 Å². The van der Waals surface area contributed by atoms with Gasteiger partial charge in [0.2, 0.25) is 5.13 Å². The summed E-state index contributed by atoms with van der Waals surface area (Å²) in [4.78, 5) is 12.3. The Balaban J connectivity index is 1.66. The van der Waals surface area contributed by atoms with E-state index in [0.717, 1.165) is 21.9 Å². The van der Waals surface area contributed by atoms with E-state index in [1.807, 2.05) is 60.7 Å². The number of benzene rings is 2. The molecule has 0 spiro atoms. The van der Waals surface area contributed by atoms with Gasteiger partial charge in [0.1, 0.15) is 10.8 Å². The normalized spacial score (nSPS) is 11.2. The minimum absolute atomic E-state index is 0.186. The topological polar surface area (TPSA) is 64.1 Å². The molecule has 3 rings (SSSR count). The van der Waals surface area contributed by atoms with Crippen LogP contribution in [0.25, 0.3) is 6.08 Å². The van der Waals surface area contributed by atoms with Crippen molar-refractivity contribution >= 4 is 28.5 Å². The highest BCUT2D eigenvalue weighted by Gasteiger charge is 2.11. The number of ether oxygens (including phenoxy) is 1. The molecule has 0 radical (unpaired) electrons. The van der Waals surface area contributed by atoms with Crippen LogP contribution in [0, 0.1) is 0 Å². The minimum atomic E-state index is -0.186. The number of hydrogen-bond donors (Lipinski definition) is 1. The molecule has 1 aromatic heterocycles. The molecule has 0 aliphatic rings. The van der Waals surface area contributed by atoms with Crippen molar-refractivity contribution in [1.29, 1.82) is 0 Å². The third-order valence-electron chi connectivity index (χ3n) is 3.76. The van der Waals surface area contributed by atoms with Crippen LogP contribution in [-0.4, -0.2) is 23.2 Å². The first-order valence-corrected chi connectivity index (χ1v) is 8.96. The fourth-order valence-electron chi connectivity index (χ4n) is 2.45. The Morgan fingerprint density at radius 2 is 1.85 bits per heavy atom. The molecule has 26 heavy (non-hydrogen) atoms. The molecule has 0 unspecified atom stereocenters. The zero-order valence-corrected chi connectivity index (χ0v) is 15.4. The summed E-state index contributed by atoms with van der Waals surface area (Å²) in [6, 6.07) is 17.5. The second-order valence-corrected chi connectivity index (χ2v) is 6.74. The Morgan fingerprint density at radius 3 is 2.62 bits per heavy atom. The van der Waals surface area contributed by atoms with Crippen molar-refractivity contribution in [3.8, 4) is 5.75 Å². The van der Waals surface area contributed by atoms with Crippen LogP contribution in [-0.2, 0) is 11.2 Å². The van der Waals surface area contributed by atoms with Crippen molar-refractivity contribution < 1.29 is 9.53 Å². The molecular weight excluding hydrogens is 346 g/mol. The number of rotatable bonds is 6. The number of anilines is 1. The molecule has 1 heterocycles. The van der Waals surface area contributed by atoms with Crippen molar-refractivity contribution in [2.45, 2.75) is 13.3 Å². The Morgan fingerprint density at radius 1 is 1.12 bits per heavy atom. The quantitative estimate of drug-likeness (QED) is 0.666. The first kappa shape index (κ1) is 17.8. The average molecular weight is 365 g/mol. The number of aromatic nitrogens is 2. The smallest absolute Gasteiger partial charge is 0.253 e. The molecule has 3 aromatic rings. The lowest BCUT2D eigenvalue weighted by atomic mass is 10.1. The van der Waals surface area contributed by atoms with Gasteiger partial charge in [-0.3, -0.25) is 10.1 Å². The van der Waals surface area contributed by atoms with Gasteiger partial charge in [-0.25, -0.2) is 0 Å². The van der Waals surface area contributed by atoms with Crippen LogP contribution in [0.1, 0.15) is 23.1 Å². The highest BCUT2D eigenvalue weighted by atomic mass is 32.1. The van der Waals surface area contributed by atoms with E-state index in [1.54, 1.807) is 14.0 Å². The van der Waals surface area contributed by atoms with Gasteiger partial charge in [0.05, 0.1) is 7.11 Å². The van der Waals surface area contributed by atoms with Crippen molar-refractivity contribution in [1.82, 2.24) is 10.2 Å². The van der Waals surface area contributed by atoms with E-state index in [-0.39, 0.29) is 5.91 Å². The number of amides is 1. The first-order valence-electron chi connectivity index (χ1n) is 8.14. The summed E-state index contributed by atoms with van der Waals surface area (Å²) in [6.07, 6.45) is 2.45. The van der Waals surface area contributed by atoms with Gasteiger partial charge < -0.3 is 4.74 Å². The molecule has 2 aromatic carbocycles. The molecule has 132 valence electrons. The van der Waals surface area contributed by atoms with Crippen LogP contribution in [0.4, 0.5) is 5.13 Å². The molecule has 0 saturated carbocycles. The molecule has 0 bridgehead atoms. The van der Waals surface area contributed by atoms with E-state index in [2.05, 4.69) is 15.5 Å². The second kappa shape index (κ2) is 8.40. The molecule has 0 atom stereocenters.